The zero-order valence-electron chi connectivity index (χ0n) is 17.2. The van der Waals surface area contributed by atoms with Gasteiger partial charge in [0.15, 0.2) is 17.3 Å². The van der Waals surface area contributed by atoms with Crippen molar-refractivity contribution in [3.05, 3.63) is 59.2 Å². The van der Waals surface area contributed by atoms with Crippen LogP contribution in [0.5, 0.6) is 11.5 Å². The zero-order chi connectivity index (χ0) is 20.1. The van der Waals surface area contributed by atoms with Crippen molar-refractivity contribution in [1.29, 1.82) is 0 Å². The fourth-order valence-electron chi connectivity index (χ4n) is 4.12. The highest BCUT2D eigenvalue weighted by atomic mass is 16.6. The van der Waals surface area contributed by atoms with E-state index in [4.69, 9.17) is 9.47 Å². The molecular weight excluding hydrogens is 364 g/mol. The van der Waals surface area contributed by atoms with Gasteiger partial charge in [0.1, 0.15) is 13.2 Å². The lowest BCUT2D eigenvalue weighted by molar-refractivity contribution is 0.0982. The summed E-state index contributed by atoms with van der Waals surface area (Å²) in [4.78, 5) is 15.2. The van der Waals surface area contributed by atoms with Gasteiger partial charge in [-0.15, -0.1) is 0 Å². The second-order valence-electron chi connectivity index (χ2n) is 7.94. The normalized spacial score (nSPS) is 17.7. The van der Waals surface area contributed by atoms with Crippen LogP contribution >= 0.6 is 0 Å². The lowest BCUT2D eigenvalue weighted by atomic mass is 10.0. The van der Waals surface area contributed by atoms with E-state index in [1.165, 1.54) is 30.4 Å². The quantitative estimate of drug-likeness (QED) is 0.725. The highest BCUT2D eigenvalue weighted by molar-refractivity contribution is 5.98. The number of hydrogen-bond acceptors (Lipinski definition) is 5. The highest BCUT2D eigenvalue weighted by Gasteiger charge is 2.22. The van der Waals surface area contributed by atoms with Crippen molar-refractivity contribution in [2.24, 2.45) is 0 Å². The van der Waals surface area contributed by atoms with Crippen LogP contribution in [0.2, 0.25) is 0 Å². The molecule has 0 amide bonds. The van der Waals surface area contributed by atoms with Gasteiger partial charge in [0, 0.05) is 18.2 Å². The molecule has 1 N–H and O–H groups in total. The minimum absolute atomic E-state index is 0.0725. The van der Waals surface area contributed by atoms with Crippen molar-refractivity contribution < 1.29 is 14.3 Å². The number of ketones is 1. The molecule has 2 aliphatic rings. The van der Waals surface area contributed by atoms with E-state index in [0.29, 0.717) is 42.9 Å². The molecule has 0 saturated carbocycles. The molecule has 2 heterocycles. The first kappa shape index (κ1) is 19.9. The van der Waals surface area contributed by atoms with E-state index < -0.39 is 0 Å². The van der Waals surface area contributed by atoms with E-state index in [-0.39, 0.29) is 5.78 Å². The Morgan fingerprint density at radius 1 is 1.00 bits per heavy atom. The van der Waals surface area contributed by atoms with Crippen LogP contribution in [-0.2, 0) is 0 Å². The van der Waals surface area contributed by atoms with E-state index in [2.05, 4.69) is 41.4 Å². The molecule has 29 heavy (non-hydrogen) atoms. The van der Waals surface area contributed by atoms with Crippen molar-refractivity contribution in [3.63, 3.8) is 0 Å². The molecule has 154 valence electrons. The zero-order valence-corrected chi connectivity index (χ0v) is 17.2. The number of likely N-dealkylation sites (tertiary alicyclic amines) is 1. The predicted molar refractivity (Wildman–Crippen MR) is 114 cm³/mol. The summed E-state index contributed by atoms with van der Waals surface area (Å²) in [6, 6.07) is 14.5. The number of nitrogens with zero attached hydrogens (tertiary/aromatic N) is 1. The Bertz CT molecular complexity index is 829. The maximum Gasteiger partial charge on any atom is 0.176 e. The number of carbonyl (C=O) groups excluding carboxylic acids is 1. The fourth-order valence-corrected chi connectivity index (χ4v) is 4.12. The van der Waals surface area contributed by atoms with Gasteiger partial charge >= 0.3 is 0 Å². The van der Waals surface area contributed by atoms with Gasteiger partial charge < -0.3 is 14.8 Å². The Kier molecular flexibility index (Phi) is 6.47. The Labute approximate surface area is 173 Å². The SMILES string of the molecule is Cc1ccc(C(CNCC(=O)c2ccc3c(c2)OCCO3)N2CCCCC2)cc1. The number of carbonyl (C=O) groups is 1. The molecule has 1 fully saturated rings. The molecule has 2 aromatic rings. The lowest BCUT2D eigenvalue weighted by Crippen LogP contribution is -2.40. The topological polar surface area (TPSA) is 50.8 Å². The number of aryl methyl sites for hydroxylation is 1. The van der Waals surface area contributed by atoms with E-state index in [1.807, 2.05) is 12.1 Å². The number of nitrogens with one attached hydrogen (secondary N) is 1. The summed E-state index contributed by atoms with van der Waals surface area (Å²) < 4.78 is 11.1. The summed E-state index contributed by atoms with van der Waals surface area (Å²) in [7, 11) is 0. The Hall–Kier alpha value is -2.37. The molecule has 1 atom stereocenters. The molecule has 1 saturated heterocycles. The molecule has 0 aliphatic carbocycles. The first-order valence-electron chi connectivity index (χ1n) is 10.6. The second kappa shape index (κ2) is 9.42. The Morgan fingerprint density at radius 3 is 2.48 bits per heavy atom. The highest BCUT2D eigenvalue weighted by Crippen LogP contribution is 2.31. The third-order valence-electron chi connectivity index (χ3n) is 5.78. The van der Waals surface area contributed by atoms with Crippen LogP contribution in [0.15, 0.2) is 42.5 Å². The van der Waals surface area contributed by atoms with Crippen molar-refractivity contribution in [3.8, 4) is 11.5 Å². The molecule has 1 unspecified atom stereocenters. The van der Waals surface area contributed by atoms with Gasteiger partial charge in [0.2, 0.25) is 0 Å². The largest absolute Gasteiger partial charge is 0.486 e. The van der Waals surface area contributed by atoms with Gasteiger partial charge in [-0.25, -0.2) is 0 Å². The van der Waals surface area contributed by atoms with E-state index in [1.54, 1.807) is 6.07 Å². The molecule has 5 nitrogen and oxygen atoms in total. The second-order valence-corrected chi connectivity index (χ2v) is 7.94. The standard InChI is InChI=1S/C24H30N2O3/c1-18-5-7-19(8-6-18)21(26-11-3-2-4-12-26)16-25-17-22(27)20-9-10-23-24(15-20)29-14-13-28-23/h5-10,15,21,25H,2-4,11-14,16-17H2,1H3. The van der Waals surface area contributed by atoms with Crippen LogP contribution in [0.4, 0.5) is 0 Å². The van der Waals surface area contributed by atoms with Crippen LogP contribution < -0.4 is 14.8 Å². The van der Waals surface area contributed by atoms with Gasteiger partial charge in [-0.2, -0.15) is 0 Å². The van der Waals surface area contributed by atoms with Crippen molar-refractivity contribution in [2.45, 2.75) is 32.2 Å². The maximum atomic E-state index is 12.7. The van der Waals surface area contributed by atoms with Crippen LogP contribution in [0.1, 0.15) is 46.8 Å². The molecule has 5 heteroatoms. The molecule has 2 aromatic carbocycles. The summed E-state index contributed by atoms with van der Waals surface area (Å²) in [5.41, 5.74) is 3.25. The number of Topliss-reactive ketones (excluding diaryl/α,β-unsaturated/α-hetero) is 1. The summed E-state index contributed by atoms with van der Waals surface area (Å²) in [6.07, 6.45) is 3.81. The molecule has 0 aromatic heterocycles. The molecule has 0 bridgehead atoms. The monoisotopic (exact) mass is 394 g/mol. The summed E-state index contributed by atoms with van der Waals surface area (Å²) in [5, 5.41) is 3.41. The van der Waals surface area contributed by atoms with Crippen LogP contribution in [0.25, 0.3) is 0 Å². The van der Waals surface area contributed by atoms with Crippen LogP contribution in [0.3, 0.4) is 0 Å². The molecule has 2 aliphatic heterocycles. The van der Waals surface area contributed by atoms with Crippen LogP contribution in [-0.4, -0.2) is 50.1 Å². The summed E-state index contributed by atoms with van der Waals surface area (Å²) in [5.74, 6) is 1.45. The molecule has 0 spiro atoms. The number of rotatable bonds is 7. The first-order valence-corrected chi connectivity index (χ1v) is 10.6. The molecule has 4 rings (SSSR count). The molecule has 0 radical (unpaired) electrons. The molecular formula is C24H30N2O3. The van der Waals surface area contributed by atoms with Gasteiger partial charge in [-0.05, 0) is 56.6 Å². The van der Waals surface area contributed by atoms with Crippen molar-refractivity contribution >= 4 is 5.78 Å². The smallest absolute Gasteiger partial charge is 0.176 e. The first-order chi connectivity index (χ1) is 14.2. The van der Waals surface area contributed by atoms with Gasteiger partial charge in [0.25, 0.3) is 0 Å². The number of piperidine rings is 1. The number of fused-ring (bicyclic) bond motifs is 1. The third kappa shape index (κ3) is 4.98. The predicted octanol–water partition coefficient (Wildman–Crippen LogP) is 3.77. The van der Waals surface area contributed by atoms with Crippen molar-refractivity contribution in [2.75, 3.05) is 39.4 Å². The van der Waals surface area contributed by atoms with E-state index in [9.17, 15) is 4.79 Å². The van der Waals surface area contributed by atoms with Crippen LogP contribution in [0, 0.1) is 6.92 Å². The van der Waals surface area contributed by atoms with E-state index in [0.717, 1.165) is 19.6 Å². The Morgan fingerprint density at radius 2 is 1.72 bits per heavy atom. The third-order valence-corrected chi connectivity index (χ3v) is 5.78. The minimum atomic E-state index is 0.0725. The van der Waals surface area contributed by atoms with Crippen molar-refractivity contribution in [1.82, 2.24) is 10.2 Å². The number of hydrogen-bond donors (Lipinski definition) is 1. The minimum Gasteiger partial charge on any atom is -0.486 e. The van der Waals surface area contributed by atoms with Gasteiger partial charge in [-0.3, -0.25) is 9.69 Å². The average Bonchev–Trinajstić information content (AvgIpc) is 2.77. The maximum absolute atomic E-state index is 12.7. The Balaban J connectivity index is 1.39. The number of benzene rings is 2. The van der Waals surface area contributed by atoms with Gasteiger partial charge in [0.05, 0.1) is 6.54 Å². The van der Waals surface area contributed by atoms with Gasteiger partial charge in [-0.1, -0.05) is 36.2 Å². The van der Waals surface area contributed by atoms with E-state index >= 15 is 0 Å². The summed E-state index contributed by atoms with van der Waals surface area (Å²) >= 11 is 0. The summed E-state index contributed by atoms with van der Waals surface area (Å²) in [6.45, 7) is 6.52. The average molecular weight is 395 g/mol. The lowest BCUT2D eigenvalue weighted by Gasteiger charge is -2.35. The fraction of sp³-hybridized carbons (Fsp3) is 0.458. The number of ether oxygens (including phenoxy) is 2.